The van der Waals surface area contributed by atoms with Gasteiger partial charge in [-0.25, -0.2) is 9.97 Å². The van der Waals surface area contributed by atoms with Crippen molar-refractivity contribution in [1.29, 1.82) is 0 Å². The van der Waals surface area contributed by atoms with Gasteiger partial charge < -0.3 is 15.0 Å². The molecule has 2 aromatic heterocycles. The molecule has 0 atom stereocenters. The Morgan fingerprint density at radius 3 is 2.67 bits per heavy atom. The quantitative estimate of drug-likeness (QED) is 0.727. The number of quaternary nitrogens is 1. The van der Waals surface area contributed by atoms with Crippen molar-refractivity contribution in [3.8, 4) is 0 Å². The number of fused-ring (bicyclic) bond motifs is 1. The van der Waals surface area contributed by atoms with E-state index in [4.69, 9.17) is 14.7 Å². The molecule has 1 saturated heterocycles. The Balaban J connectivity index is 1.75. The number of rotatable bonds is 4. The summed E-state index contributed by atoms with van der Waals surface area (Å²) in [7, 11) is 0. The maximum absolute atomic E-state index is 5.48. The maximum Gasteiger partial charge on any atom is 0.187 e. The number of hydrogen-bond donors (Lipinski definition) is 2. The van der Waals surface area contributed by atoms with E-state index >= 15 is 0 Å². The lowest BCUT2D eigenvalue weighted by atomic mass is 10.1. The van der Waals surface area contributed by atoms with Gasteiger partial charge in [0.15, 0.2) is 5.82 Å². The topological polar surface area (TPSA) is 51.5 Å². The van der Waals surface area contributed by atoms with Gasteiger partial charge in [-0.05, 0) is 50.5 Å². The number of hydrogen-bond acceptors (Lipinski definition) is 5. The molecule has 27 heavy (non-hydrogen) atoms. The molecule has 3 aromatic rings. The van der Waals surface area contributed by atoms with Crippen LogP contribution in [-0.2, 0) is 11.3 Å². The first-order chi connectivity index (χ1) is 13.0. The highest BCUT2D eigenvalue weighted by Crippen LogP contribution is 2.35. The van der Waals surface area contributed by atoms with Crippen LogP contribution in [0.4, 0.5) is 11.5 Å². The van der Waals surface area contributed by atoms with Gasteiger partial charge in [0.2, 0.25) is 0 Å². The van der Waals surface area contributed by atoms with E-state index in [1.165, 1.54) is 26.5 Å². The molecule has 1 aliphatic heterocycles. The second kappa shape index (κ2) is 7.54. The molecule has 0 saturated carbocycles. The molecule has 1 aliphatic rings. The van der Waals surface area contributed by atoms with Gasteiger partial charge in [0.1, 0.15) is 30.3 Å². The summed E-state index contributed by atoms with van der Waals surface area (Å²) < 4.78 is 5.48. The van der Waals surface area contributed by atoms with E-state index in [0.29, 0.717) is 0 Å². The molecule has 1 aromatic carbocycles. The summed E-state index contributed by atoms with van der Waals surface area (Å²) in [5.74, 6) is 1.84. The van der Waals surface area contributed by atoms with E-state index in [0.717, 1.165) is 60.4 Å². The first-order valence-electron chi connectivity index (χ1n) is 9.53. The van der Waals surface area contributed by atoms with Gasteiger partial charge in [-0.2, -0.15) is 0 Å². The molecule has 5 nitrogen and oxygen atoms in total. The summed E-state index contributed by atoms with van der Waals surface area (Å²) >= 11 is 1.76. The van der Waals surface area contributed by atoms with Crippen LogP contribution in [0.2, 0.25) is 0 Å². The smallest absolute Gasteiger partial charge is 0.187 e. The summed E-state index contributed by atoms with van der Waals surface area (Å²) in [5.41, 5.74) is 4.85. The van der Waals surface area contributed by atoms with E-state index < -0.39 is 0 Å². The lowest BCUT2D eigenvalue weighted by Crippen LogP contribution is -3.12. The van der Waals surface area contributed by atoms with Gasteiger partial charge in [0.05, 0.1) is 18.6 Å². The third-order valence-corrected chi connectivity index (χ3v) is 6.43. The fourth-order valence-corrected chi connectivity index (χ4v) is 4.57. The van der Waals surface area contributed by atoms with E-state index in [2.05, 4.69) is 51.2 Å². The van der Waals surface area contributed by atoms with Crippen LogP contribution >= 0.6 is 11.3 Å². The number of ether oxygens (including phenoxy) is 1. The predicted molar refractivity (Wildman–Crippen MR) is 111 cm³/mol. The molecule has 0 spiro atoms. The van der Waals surface area contributed by atoms with Crippen LogP contribution < -0.4 is 10.2 Å². The standard InChI is InChI=1S/C21H26N4OS/c1-13-5-6-14(2)17(11-13)22-20-19-15(3)16(4)27-21(19)24-18(23-20)12-25-7-9-26-10-8-25/h5-6,11H,7-10,12H2,1-4H3,(H,22,23,24)/p+1. The Labute approximate surface area is 164 Å². The second-order valence-electron chi connectivity index (χ2n) is 7.43. The highest BCUT2D eigenvalue weighted by atomic mass is 32.1. The molecule has 142 valence electrons. The van der Waals surface area contributed by atoms with Gasteiger partial charge in [-0.15, -0.1) is 11.3 Å². The summed E-state index contributed by atoms with van der Waals surface area (Å²) in [5, 5.41) is 4.76. The van der Waals surface area contributed by atoms with Crippen molar-refractivity contribution in [2.45, 2.75) is 34.2 Å². The SMILES string of the molecule is Cc1ccc(C)c(Nc2nc(C[NH+]3CCOCC3)nc3sc(C)c(C)c23)c1. The highest BCUT2D eigenvalue weighted by molar-refractivity contribution is 7.18. The lowest BCUT2D eigenvalue weighted by molar-refractivity contribution is -0.922. The molecule has 3 heterocycles. The molecule has 1 fully saturated rings. The number of benzene rings is 1. The Kier molecular flexibility index (Phi) is 5.12. The zero-order chi connectivity index (χ0) is 19.0. The molecule has 4 rings (SSSR count). The van der Waals surface area contributed by atoms with Crippen molar-refractivity contribution >= 4 is 33.1 Å². The molecule has 6 heteroatoms. The molecule has 2 N–H and O–H groups in total. The lowest BCUT2D eigenvalue weighted by Gasteiger charge is -2.23. The van der Waals surface area contributed by atoms with Crippen LogP contribution in [0.5, 0.6) is 0 Å². The number of nitrogens with one attached hydrogen (secondary N) is 2. The van der Waals surface area contributed by atoms with Crippen LogP contribution in [-0.4, -0.2) is 36.3 Å². The number of anilines is 2. The van der Waals surface area contributed by atoms with E-state index in [-0.39, 0.29) is 0 Å². The summed E-state index contributed by atoms with van der Waals surface area (Å²) in [4.78, 5) is 13.7. The number of aromatic nitrogens is 2. The van der Waals surface area contributed by atoms with Gasteiger partial charge in [0, 0.05) is 10.6 Å². The van der Waals surface area contributed by atoms with Gasteiger partial charge in [-0.1, -0.05) is 12.1 Å². The van der Waals surface area contributed by atoms with Crippen molar-refractivity contribution in [3.05, 3.63) is 45.6 Å². The number of thiophene rings is 1. The van der Waals surface area contributed by atoms with Crippen molar-refractivity contribution in [2.24, 2.45) is 0 Å². The minimum Gasteiger partial charge on any atom is -0.370 e. The maximum atomic E-state index is 5.48. The van der Waals surface area contributed by atoms with Gasteiger partial charge in [-0.3, -0.25) is 0 Å². The normalized spacial score (nSPS) is 15.4. The second-order valence-corrected chi connectivity index (χ2v) is 8.64. The Morgan fingerprint density at radius 1 is 1.11 bits per heavy atom. The molecule has 0 amide bonds. The van der Waals surface area contributed by atoms with Crippen LogP contribution in [0, 0.1) is 27.7 Å². The number of aryl methyl sites for hydroxylation is 4. The number of morpholine rings is 1. The molecule has 0 aliphatic carbocycles. The zero-order valence-corrected chi connectivity index (χ0v) is 17.3. The van der Waals surface area contributed by atoms with Gasteiger partial charge >= 0.3 is 0 Å². The molecular formula is C21H27N4OS+. The van der Waals surface area contributed by atoms with E-state index in [1.54, 1.807) is 11.3 Å². The summed E-state index contributed by atoms with van der Waals surface area (Å²) in [6, 6.07) is 6.48. The highest BCUT2D eigenvalue weighted by Gasteiger charge is 2.20. The first kappa shape index (κ1) is 18.3. The fraction of sp³-hybridized carbons (Fsp3) is 0.429. The van der Waals surface area contributed by atoms with E-state index in [1.807, 2.05) is 0 Å². The number of nitrogens with zero attached hydrogens (tertiary/aromatic N) is 2. The van der Waals surface area contributed by atoms with Crippen LogP contribution in [0.15, 0.2) is 18.2 Å². The van der Waals surface area contributed by atoms with Crippen LogP contribution in [0.1, 0.15) is 27.4 Å². The zero-order valence-electron chi connectivity index (χ0n) is 16.5. The Morgan fingerprint density at radius 2 is 1.89 bits per heavy atom. The van der Waals surface area contributed by atoms with Crippen LogP contribution in [0.25, 0.3) is 10.2 Å². The minimum atomic E-state index is 0.822. The van der Waals surface area contributed by atoms with Crippen molar-refractivity contribution < 1.29 is 9.64 Å². The molecule has 0 unspecified atom stereocenters. The third kappa shape index (κ3) is 3.83. The average Bonchev–Trinajstić information content (AvgIpc) is 2.93. The van der Waals surface area contributed by atoms with Crippen molar-refractivity contribution in [1.82, 2.24) is 9.97 Å². The fourth-order valence-electron chi connectivity index (χ4n) is 3.52. The minimum absolute atomic E-state index is 0.822. The first-order valence-corrected chi connectivity index (χ1v) is 10.3. The third-order valence-electron chi connectivity index (χ3n) is 5.33. The summed E-state index contributed by atoms with van der Waals surface area (Å²) in [6.07, 6.45) is 0. The van der Waals surface area contributed by atoms with Gasteiger partial charge in [0.25, 0.3) is 0 Å². The Bertz CT molecular complexity index is 976. The van der Waals surface area contributed by atoms with Crippen molar-refractivity contribution in [3.63, 3.8) is 0 Å². The largest absolute Gasteiger partial charge is 0.370 e. The monoisotopic (exact) mass is 383 g/mol. The molecule has 0 bridgehead atoms. The van der Waals surface area contributed by atoms with Crippen molar-refractivity contribution in [2.75, 3.05) is 31.6 Å². The van der Waals surface area contributed by atoms with E-state index in [9.17, 15) is 0 Å². The van der Waals surface area contributed by atoms with Crippen LogP contribution in [0.3, 0.4) is 0 Å². The predicted octanol–water partition coefficient (Wildman–Crippen LogP) is 3.08. The molecular weight excluding hydrogens is 356 g/mol. The average molecular weight is 384 g/mol. The molecule has 0 radical (unpaired) electrons. The Hall–Kier alpha value is -2.02. The summed E-state index contributed by atoms with van der Waals surface area (Å²) in [6.45, 7) is 13.1.